The van der Waals surface area contributed by atoms with Crippen LogP contribution in [0.5, 0.6) is 0 Å². The van der Waals surface area contributed by atoms with Crippen molar-refractivity contribution in [2.45, 2.75) is 95.5 Å². The Hall–Kier alpha value is -0.670. The van der Waals surface area contributed by atoms with Gasteiger partial charge in [0.1, 0.15) is 0 Å². The van der Waals surface area contributed by atoms with Crippen molar-refractivity contribution >= 4 is 7.44 Å². The summed E-state index contributed by atoms with van der Waals surface area (Å²) >= 11 is 0. The maximum Gasteiger partial charge on any atom is 0.226 e. The molecule has 4 rings (SSSR count). The zero-order valence-corrected chi connectivity index (χ0v) is 20.4. The van der Waals surface area contributed by atoms with Gasteiger partial charge < -0.3 is 5.11 Å². The quantitative estimate of drug-likeness (QED) is 0.588. The van der Waals surface area contributed by atoms with E-state index in [1.54, 1.807) is 0 Å². The number of likely N-dealkylation sites (N-methyl/N-ethyl adjacent to an activating group) is 2. The first-order chi connectivity index (χ1) is 14.1. The predicted octanol–water partition coefficient (Wildman–Crippen LogP) is 6.08. The number of nitrogens with zero attached hydrogens (tertiary/aromatic N) is 2. The van der Waals surface area contributed by atoms with Gasteiger partial charge in [0.25, 0.3) is 0 Å². The summed E-state index contributed by atoms with van der Waals surface area (Å²) in [5.41, 5.74) is 0.0147. The summed E-state index contributed by atoms with van der Waals surface area (Å²) in [7, 11) is 1.16. The molecule has 3 fully saturated rings. The van der Waals surface area contributed by atoms with Gasteiger partial charge in [-0.1, -0.05) is 63.9 Å². The van der Waals surface area contributed by atoms with Crippen molar-refractivity contribution in [1.82, 2.24) is 9.34 Å². The van der Waals surface area contributed by atoms with Crippen molar-refractivity contribution in [2.24, 2.45) is 11.3 Å². The van der Waals surface area contributed by atoms with E-state index >= 15 is 4.57 Å². The van der Waals surface area contributed by atoms with Crippen LogP contribution in [0.4, 0.5) is 0 Å². The summed E-state index contributed by atoms with van der Waals surface area (Å²) in [6.07, 6.45) is 8.13. The molecule has 1 aromatic rings. The largest absolute Gasteiger partial charge is 0.389 e. The second kappa shape index (κ2) is 8.03. The number of fused-ring (bicyclic) bond motifs is 1. The molecular weight excluding hydrogens is 391 g/mol. The van der Waals surface area contributed by atoms with E-state index in [1.807, 2.05) is 18.2 Å². The van der Waals surface area contributed by atoms with Gasteiger partial charge in [-0.25, -0.2) is 9.34 Å². The third kappa shape index (κ3) is 3.62. The standard InChI is InChI=1S/C25H41N2O2P/c1-24(2,3)20-15-17-25(28,18-16-20)23(19-11-7-6-8-12-19)30(29)26(4)21-13-9-10-14-22(21)27(30)5/h6-8,11-12,20-23,28H,9-10,13-18H2,1-5H3/t20?,21-,22-,23-,25?/m1/s1. The third-order valence-electron chi connectivity index (χ3n) is 8.59. The van der Waals surface area contributed by atoms with Crippen molar-refractivity contribution in [3.05, 3.63) is 35.9 Å². The average Bonchev–Trinajstić information content (AvgIpc) is 2.90. The molecule has 1 N–H and O–H groups in total. The second-order valence-electron chi connectivity index (χ2n) is 11.2. The number of hydrogen-bond donors (Lipinski definition) is 1. The van der Waals surface area contributed by atoms with Gasteiger partial charge in [-0.15, -0.1) is 0 Å². The minimum Gasteiger partial charge on any atom is -0.389 e. The molecule has 2 aliphatic carbocycles. The highest BCUT2D eigenvalue weighted by molar-refractivity contribution is 7.59. The van der Waals surface area contributed by atoms with Crippen LogP contribution in [-0.4, -0.2) is 46.2 Å². The van der Waals surface area contributed by atoms with Crippen LogP contribution in [0.15, 0.2) is 30.3 Å². The van der Waals surface area contributed by atoms with Gasteiger partial charge in [0.15, 0.2) is 0 Å². The lowest BCUT2D eigenvalue weighted by atomic mass is 9.67. The van der Waals surface area contributed by atoms with Gasteiger partial charge in [-0.05, 0) is 69.5 Å². The van der Waals surface area contributed by atoms with E-state index in [0.717, 1.165) is 44.1 Å². The summed E-state index contributed by atoms with van der Waals surface area (Å²) < 4.78 is 19.4. The molecule has 0 bridgehead atoms. The van der Waals surface area contributed by atoms with E-state index in [2.05, 4.69) is 56.3 Å². The molecular formula is C25H41N2O2P. The lowest BCUT2D eigenvalue weighted by molar-refractivity contribution is -0.0311. The molecule has 4 nitrogen and oxygen atoms in total. The van der Waals surface area contributed by atoms with Gasteiger partial charge in [0.05, 0.1) is 11.3 Å². The molecule has 0 unspecified atom stereocenters. The van der Waals surface area contributed by atoms with Crippen LogP contribution >= 0.6 is 7.44 Å². The first kappa shape index (κ1) is 22.5. The van der Waals surface area contributed by atoms with Crippen LogP contribution < -0.4 is 0 Å². The Labute approximate surface area is 183 Å². The van der Waals surface area contributed by atoms with E-state index in [-0.39, 0.29) is 11.1 Å². The maximum atomic E-state index is 15.0. The van der Waals surface area contributed by atoms with E-state index in [4.69, 9.17) is 0 Å². The van der Waals surface area contributed by atoms with Gasteiger partial charge in [0.2, 0.25) is 7.44 Å². The van der Waals surface area contributed by atoms with Crippen LogP contribution in [0.2, 0.25) is 0 Å². The lowest BCUT2D eigenvalue weighted by Crippen LogP contribution is -2.44. The summed E-state index contributed by atoms with van der Waals surface area (Å²) in [6, 6.07) is 10.9. The van der Waals surface area contributed by atoms with Gasteiger partial charge >= 0.3 is 0 Å². The van der Waals surface area contributed by atoms with Crippen LogP contribution in [0.3, 0.4) is 0 Å². The highest BCUT2D eigenvalue weighted by Crippen LogP contribution is 2.74. The fourth-order valence-corrected chi connectivity index (χ4v) is 10.7. The smallest absolute Gasteiger partial charge is 0.226 e. The van der Waals surface area contributed by atoms with Crippen LogP contribution in [0, 0.1) is 11.3 Å². The summed E-state index contributed by atoms with van der Waals surface area (Å²) in [5.74, 6) is 0.608. The van der Waals surface area contributed by atoms with E-state index in [9.17, 15) is 5.11 Å². The van der Waals surface area contributed by atoms with Gasteiger partial charge in [0, 0.05) is 12.1 Å². The lowest BCUT2D eigenvalue weighted by Gasteiger charge is -2.48. The summed E-state index contributed by atoms with van der Waals surface area (Å²) in [5, 5.41) is 12.1. The van der Waals surface area contributed by atoms with Crippen LogP contribution in [0.25, 0.3) is 0 Å². The third-order valence-corrected chi connectivity index (χ3v) is 12.4. The molecule has 1 heterocycles. The Morgan fingerprint density at radius 2 is 1.47 bits per heavy atom. The minimum atomic E-state index is -2.97. The normalized spacial score (nSPS) is 36.4. The second-order valence-corrected chi connectivity index (χ2v) is 14.2. The van der Waals surface area contributed by atoms with Crippen LogP contribution in [-0.2, 0) is 4.57 Å². The Morgan fingerprint density at radius 1 is 0.967 bits per heavy atom. The number of hydrogen-bond acceptors (Lipinski definition) is 2. The minimum absolute atomic E-state index is 0.254. The Morgan fingerprint density at radius 3 is 1.93 bits per heavy atom. The van der Waals surface area contributed by atoms with Crippen molar-refractivity contribution in [2.75, 3.05) is 14.1 Å². The molecule has 0 amide bonds. The van der Waals surface area contributed by atoms with Crippen molar-refractivity contribution in [3.8, 4) is 0 Å². The molecule has 1 saturated heterocycles. The zero-order valence-electron chi connectivity index (χ0n) is 19.6. The monoisotopic (exact) mass is 432 g/mol. The molecule has 168 valence electrons. The highest BCUT2D eigenvalue weighted by atomic mass is 31.2. The SMILES string of the molecule is CN1[C@@H]2CCCC[C@H]2N(C)P1(=O)[C@H](c1ccccc1)C1(O)CCC(C(C)(C)C)CC1. The number of rotatable bonds is 3. The average molecular weight is 433 g/mol. The predicted molar refractivity (Wildman–Crippen MR) is 125 cm³/mol. The molecule has 0 spiro atoms. The fourth-order valence-electron chi connectivity index (χ4n) is 6.69. The topological polar surface area (TPSA) is 43.8 Å². The summed E-state index contributed by atoms with van der Waals surface area (Å²) in [6.45, 7) is 6.92. The first-order valence-electron chi connectivity index (χ1n) is 11.9. The highest BCUT2D eigenvalue weighted by Gasteiger charge is 2.61. The molecule has 3 aliphatic rings. The van der Waals surface area contributed by atoms with Crippen molar-refractivity contribution in [3.63, 3.8) is 0 Å². The fraction of sp³-hybridized carbons (Fsp3) is 0.760. The zero-order chi connectivity index (χ0) is 21.7. The van der Waals surface area contributed by atoms with E-state index in [1.165, 1.54) is 12.8 Å². The molecule has 1 aromatic carbocycles. The molecule has 30 heavy (non-hydrogen) atoms. The Bertz CT molecular complexity index is 760. The molecule has 1 aliphatic heterocycles. The maximum absolute atomic E-state index is 15.0. The van der Waals surface area contributed by atoms with Crippen molar-refractivity contribution < 1.29 is 9.67 Å². The van der Waals surface area contributed by atoms with E-state index in [0.29, 0.717) is 18.0 Å². The van der Waals surface area contributed by atoms with Crippen LogP contribution in [0.1, 0.15) is 83.4 Å². The molecule has 5 heteroatoms. The number of aliphatic hydroxyl groups is 1. The molecule has 2 saturated carbocycles. The Balaban J connectivity index is 1.74. The van der Waals surface area contributed by atoms with E-state index < -0.39 is 13.0 Å². The molecule has 0 radical (unpaired) electrons. The van der Waals surface area contributed by atoms with Crippen molar-refractivity contribution in [1.29, 1.82) is 0 Å². The summed E-state index contributed by atoms with van der Waals surface area (Å²) in [4.78, 5) is 0. The van der Waals surface area contributed by atoms with Gasteiger partial charge in [-0.3, -0.25) is 4.57 Å². The van der Waals surface area contributed by atoms with Gasteiger partial charge in [-0.2, -0.15) is 0 Å². The molecule has 0 aromatic heterocycles. The molecule has 3 atom stereocenters. The number of benzene rings is 1. The first-order valence-corrected chi connectivity index (χ1v) is 13.6. The Kier molecular flexibility index (Phi) is 6.03.